The van der Waals surface area contributed by atoms with Gasteiger partial charge in [-0.3, -0.25) is 0 Å². The fourth-order valence-corrected chi connectivity index (χ4v) is 2.51. The Kier molecular flexibility index (Phi) is 2.01. The molecule has 0 aliphatic carbocycles. The van der Waals surface area contributed by atoms with Crippen LogP contribution in [0.5, 0.6) is 0 Å². The van der Waals surface area contributed by atoms with Crippen LogP contribution in [-0.2, 0) is 19.4 Å². The predicted molar refractivity (Wildman–Crippen MR) is 53.0 cm³/mol. The Morgan fingerprint density at radius 1 is 1.43 bits per heavy atom. The molecule has 3 rings (SSSR count). The summed E-state index contributed by atoms with van der Waals surface area (Å²) in [4.78, 5) is 0. The third-order valence-corrected chi connectivity index (χ3v) is 3.32. The summed E-state index contributed by atoms with van der Waals surface area (Å²) in [7, 11) is 0. The molecule has 4 nitrogen and oxygen atoms in total. The Morgan fingerprint density at radius 2 is 2.43 bits per heavy atom. The molecule has 0 saturated carbocycles. The van der Waals surface area contributed by atoms with E-state index < -0.39 is 0 Å². The summed E-state index contributed by atoms with van der Waals surface area (Å²) in [5.74, 6) is 3.20. The molecule has 2 aliphatic heterocycles. The number of aryl methyl sites for hydroxylation is 1. The lowest BCUT2D eigenvalue weighted by Gasteiger charge is -2.07. The number of hydrogen-bond acceptors (Lipinski definition) is 3. The van der Waals surface area contributed by atoms with E-state index in [9.17, 15) is 0 Å². The van der Waals surface area contributed by atoms with Crippen LogP contribution in [0.4, 0.5) is 0 Å². The predicted octanol–water partition coefficient (Wildman–Crippen LogP) is 0.376. The van der Waals surface area contributed by atoms with Gasteiger partial charge in [0.1, 0.15) is 11.6 Å². The van der Waals surface area contributed by atoms with Gasteiger partial charge < -0.3 is 9.88 Å². The summed E-state index contributed by atoms with van der Waals surface area (Å²) in [6.07, 6.45) is 4.78. The molecular formula is C10H16N4. The molecule has 1 saturated heterocycles. The van der Waals surface area contributed by atoms with E-state index >= 15 is 0 Å². The summed E-state index contributed by atoms with van der Waals surface area (Å²) in [6.45, 7) is 3.46. The molecule has 0 bridgehead atoms. The van der Waals surface area contributed by atoms with E-state index in [0.29, 0.717) is 0 Å². The van der Waals surface area contributed by atoms with Crippen LogP contribution < -0.4 is 5.32 Å². The standard InChI is InChI=1S/C10H16N4/c1-2-9-12-13-10(14(9)5-1)6-8-3-4-11-7-8/h8,11H,1-7H2. The fourth-order valence-electron chi connectivity index (χ4n) is 2.51. The van der Waals surface area contributed by atoms with Crippen LogP contribution in [0.15, 0.2) is 0 Å². The Labute approximate surface area is 83.7 Å². The number of fused-ring (bicyclic) bond motifs is 1. The zero-order valence-electron chi connectivity index (χ0n) is 8.37. The molecule has 1 atom stereocenters. The number of hydrogen-bond donors (Lipinski definition) is 1. The van der Waals surface area contributed by atoms with Crippen LogP contribution in [0.1, 0.15) is 24.5 Å². The van der Waals surface area contributed by atoms with Crippen molar-refractivity contribution >= 4 is 0 Å². The zero-order chi connectivity index (χ0) is 9.38. The van der Waals surface area contributed by atoms with Crippen LogP contribution in [0.3, 0.4) is 0 Å². The fraction of sp³-hybridized carbons (Fsp3) is 0.800. The second-order valence-electron chi connectivity index (χ2n) is 4.35. The SMILES string of the molecule is C1Cc2nnc(CC3CCNC3)n2C1. The van der Waals surface area contributed by atoms with Crippen LogP contribution in [0.2, 0.25) is 0 Å². The van der Waals surface area contributed by atoms with Gasteiger partial charge in [-0.1, -0.05) is 0 Å². The van der Waals surface area contributed by atoms with Crippen molar-refractivity contribution in [3.05, 3.63) is 11.6 Å². The van der Waals surface area contributed by atoms with Crippen molar-refractivity contribution in [2.24, 2.45) is 5.92 Å². The minimum atomic E-state index is 0.781. The van der Waals surface area contributed by atoms with E-state index in [0.717, 1.165) is 31.8 Å². The molecule has 76 valence electrons. The second kappa shape index (κ2) is 3.35. The maximum absolute atomic E-state index is 4.29. The van der Waals surface area contributed by atoms with Gasteiger partial charge in [-0.2, -0.15) is 0 Å². The average molecular weight is 192 g/mol. The van der Waals surface area contributed by atoms with Gasteiger partial charge in [0.05, 0.1) is 0 Å². The molecule has 2 aliphatic rings. The van der Waals surface area contributed by atoms with E-state index in [1.165, 1.54) is 31.0 Å². The van der Waals surface area contributed by atoms with Gasteiger partial charge in [-0.15, -0.1) is 10.2 Å². The van der Waals surface area contributed by atoms with Crippen LogP contribution in [0.25, 0.3) is 0 Å². The maximum atomic E-state index is 4.29. The molecule has 0 amide bonds. The van der Waals surface area contributed by atoms with E-state index in [-0.39, 0.29) is 0 Å². The minimum Gasteiger partial charge on any atom is -0.316 e. The molecule has 0 aromatic carbocycles. The second-order valence-corrected chi connectivity index (χ2v) is 4.35. The van der Waals surface area contributed by atoms with E-state index in [1.54, 1.807) is 0 Å². The van der Waals surface area contributed by atoms with Crippen molar-refractivity contribution < 1.29 is 0 Å². The molecule has 1 unspecified atom stereocenters. The first-order chi connectivity index (χ1) is 6.93. The molecule has 1 N–H and O–H groups in total. The third-order valence-electron chi connectivity index (χ3n) is 3.32. The quantitative estimate of drug-likeness (QED) is 0.736. The van der Waals surface area contributed by atoms with Gasteiger partial charge in [0.2, 0.25) is 0 Å². The lowest BCUT2D eigenvalue weighted by Crippen LogP contribution is -2.13. The summed E-state index contributed by atoms with van der Waals surface area (Å²) in [6, 6.07) is 0. The molecular weight excluding hydrogens is 176 g/mol. The highest BCUT2D eigenvalue weighted by Crippen LogP contribution is 2.18. The van der Waals surface area contributed by atoms with Gasteiger partial charge >= 0.3 is 0 Å². The highest BCUT2D eigenvalue weighted by Gasteiger charge is 2.21. The Hall–Kier alpha value is -0.900. The molecule has 14 heavy (non-hydrogen) atoms. The lowest BCUT2D eigenvalue weighted by molar-refractivity contribution is 0.538. The van der Waals surface area contributed by atoms with Crippen molar-refractivity contribution in [3.63, 3.8) is 0 Å². The molecule has 0 spiro atoms. The molecule has 1 fully saturated rings. The maximum Gasteiger partial charge on any atom is 0.133 e. The smallest absolute Gasteiger partial charge is 0.133 e. The summed E-state index contributed by atoms with van der Waals surface area (Å²) in [5, 5.41) is 11.9. The number of aromatic nitrogens is 3. The molecule has 3 heterocycles. The van der Waals surface area contributed by atoms with Crippen LogP contribution in [-0.4, -0.2) is 27.9 Å². The Bertz CT molecular complexity index is 325. The average Bonchev–Trinajstić information content (AvgIpc) is 2.85. The summed E-state index contributed by atoms with van der Waals surface area (Å²) >= 11 is 0. The minimum absolute atomic E-state index is 0.781. The van der Waals surface area contributed by atoms with Crippen molar-refractivity contribution in [1.29, 1.82) is 0 Å². The third kappa shape index (κ3) is 1.34. The molecule has 4 heteroatoms. The van der Waals surface area contributed by atoms with Crippen molar-refractivity contribution in [1.82, 2.24) is 20.1 Å². The van der Waals surface area contributed by atoms with Crippen LogP contribution in [0, 0.1) is 5.92 Å². The molecule has 1 aromatic rings. The number of rotatable bonds is 2. The topological polar surface area (TPSA) is 42.7 Å². The summed E-state index contributed by atoms with van der Waals surface area (Å²) in [5.41, 5.74) is 0. The Morgan fingerprint density at radius 3 is 3.29 bits per heavy atom. The van der Waals surface area contributed by atoms with E-state index in [1.807, 2.05) is 0 Å². The highest BCUT2D eigenvalue weighted by atomic mass is 15.3. The van der Waals surface area contributed by atoms with Gasteiger partial charge in [0, 0.05) is 19.4 Å². The largest absolute Gasteiger partial charge is 0.316 e. The molecule has 0 radical (unpaired) electrons. The first-order valence-corrected chi connectivity index (χ1v) is 5.55. The monoisotopic (exact) mass is 192 g/mol. The van der Waals surface area contributed by atoms with Crippen molar-refractivity contribution in [2.45, 2.75) is 32.2 Å². The van der Waals surface area contributed by atoms with Crippen molar-refractivity contribution in [3.8, 4) is 0 Å². The van der Waals surface area contributed by atoms with Gasteiger partial charge in [0.15, 0.2) is 0 Å². The lowest BCUT2D eigenvalue weighted by atomic mass is 10.0. The highest BCUT2D eigenvalue weighted by molar-refractivity contribution is 5.01. The van der Waals surface area contributed by atoms with Gasteiger partial charge in [0.25, 0.3) is 0 Å². The first kappa shape index (κ1) is 8.41. The van der Waals surface area contributed by atoms with Crippen LogP contribution >= 0.6 is 0 Å². The molecule has 1 aromatic heterocycles. The van der Waals surface area contributed by atoms with Gasteiger partial charge in [-0.25, -0.2) is 0 Å². The van der Waals surface area contributed by atoms with E-state index in [4.69, 9.17) is 0 Å². The first-order valence-electron chi connectivity index (χ1n) is 5.55. The van der Waals surface area contributed by atoms with Crippen molar-refractivity contribution in [2.75, 3.05) is 13.1 Å². The number of nitrogens with zero attached hydrogens (tertiary/aromatic N) is 3. The summed E-state index contributed by atoms with van der Waals surface area (Å²) < 4.78 is 2.32. The number of nitrogens with one attached hydrogen (secondary N) is 1. The normalized spacial score (nSPS) is 25.6. The zero-order valence-corrected chi connectivity index (χ0v) is 8.37. The van der Waals surface area contributed by atoms with Gasteiger partial charge in [-0.05, 0) is 31.8 Å². The Balaban J connectivity index is 1.76. The van der Waals surface area contributed by atoms with E-state index in [2.05, 4.69) is 20.1 Å².